The van der Waals surface area contributed by atoms with E-state index in [1.165, 1.54) is 10.8 Å². The topological polar surface area (TPSA) is 37.1 Å². The molecule has 0 unspecified atom stereocenters. The Morgan fingerprint density at radius 3 is 1.60 bits per heavy atom. The molecule has 1 aliphatic rings. The summed E-state index contributed by atoms with van der Waals surface area (Å²) in [6.45, 7) is 0. The van der Waals surface area contributed by atoms with Crippen LogP contribution in [0.1, 0.15) is 11.1 Å². The first-order valence-electron chi connectivity index (χ1n) is 8.31. The van der Waals surface area contributed by atoms with Crippen LogP contribution >= 0.6 is 0 Å². The van der Waals surface area contributed by atoms with Gasteiger partial charge in [0.15, 0.2) is 0 Å². The van der Waals surface area contributed by atoms with Crippen molar-refractivity contribution in [1.82, 2.24) is 0 Å². The van der Waals surface area contributed by atoms with Crippen molar-refractivity contribution in [1.29, 1.82) is 0 Å². The average molecular weight is 321 g/mol. The number of hydrogen-bond donors (Lipinski definition) is 0. The van der Waals surface area contributed by atoms with E-state index in [2.05, 4.69) is 95.2 Å². The molecule has 3 heteroatoms. The summed E-state index contributed by atoms with van der Waals surface area (Å²) in [7, 11) is 0. The molecule has 25 heavy (non-hydrogen) atoms. The fourth-order valence-corrected chi connectivity index (χ4v) is 3.70. The summed E-state index contributed by atoms with van der Waals surface area (Å²) in [5.74, 6) is 0. The van der Waals surface area contributed by atoms with Gasteiger partial charge in [0.05, 0.1) is 0 Å². The second kappa shape index (κ2) is 5.35. The highest BCUT2D eigenvalue weighted by Gasteiger charge is 2.38. The minimum Gasteiger partial charge on any atom is -0.231 e. The molecule has 0 fully saturated rings. The molecule has 0 aromatic heterocycles. The molecular weight excluding hydrogens is 306 g/mol. The monoisotopic (exact) mass is 321 g/mol. The summed E-state index contributed by atoms with van der Waals surface area (Å²) in [5, 5.41) is 13.4. The van der Waals surface area contributed by atoms with Gasteiger partial charge in [-0.15, -0.1) is 10.2 Å². The minimum atomic E-state index is -0.832. The third kappa shape index (κ3) is 2.02. The van der Waals surface area contributed by atoms with Gasteiger partial charge >= 0.3 is 0 Å². The molecule has 0 saturated heterocycles. The number of hydrogen-bond acceptors (Lipinski definition) is 3. The van der Waals surface area contributed by atoms with E-state index < -0.39 is 5.66 Å². The molecule has 118 valence electrons. The molecule has 1 aliphatic heterocycles. The standard InChI is InChI=1S/C22H15N3/c1-3-11-18-16(7-1)9-5-13-20(18)22(23-15-24-25-22)21-14-6-10-17-8-2-4-12-19(17)21/h1-15H. The largest absolute Gasteiger partial charge is 0.231 e. The lowest BCUT2D eigenvalue weighted by atomic mass is 9.86. The van der Waals surface area contributed by atoms with Crippen molar-refractivity contribution in [3.05, 3.63) is 96.1 Å². The Morgan fingerprint density at radius 2 is 1.08 bits per heavy atom. The van der Waals surface area contributed by atoms with E-state index in [1.54, 1.807) is 6.34 Å². The maximum absolute atomic E-state index is 4.75. The summed E-state index contributed by atoms with van der Waals surface area (Å²) in [4.78, 5) is 4.75. The Hall–Kier alpha value is -3.33. The Balaban J connectivity index is 1.89. The third-order valence-electron chi connectivity index (χ3n) is 4.83. The van der Waals surface area contributed by atoms with Gasteiger partial charge in [-0.25, -0.2) is 4.99 Å². The van der Waals surface area contributed by atoms with Crippen LogP contribution in [0.15, 0.2) is 100 Å². The molecule has 0 bridgehead atoms. The fourth-order valence-electron chi connectivity index (χ4n) is 3.70. The van der Waals surface area contributed by atoms with E-state index in [1.807, 2.05) is 0 Å². The summed E-state index contributed by atoms with van der Waals surface area (Å²) < 4.78 is 0. The van der Waals surface area contributed by atoms with Crippen LogP contribution < -0.4 is 0 Å². The van der Waals surface area contributed by atoms with E-state index in [0.29, 0.717) is 0 Å². The Kier molecular flexibility index (Phi) is 3.01. The lowest BCUT2D eigenvalue weighted by Gasteiger charge is -2.25. The second-order valence-corrected chi connectivity index (χ2v) is 6.19. The van der Waals surface area contributed by atoms with Gasteiger partial charge in [-0.3, -0.25) is 0 Å². The number of rotatable bonds is 2. The van der Waals surface area contributed by atoms with E-state index in [0.717, 1.165) is 21.9 Å². The molecule has 0 atom stereocenters. The van der Waals surface area contributed by atoms with Crippen LogP contribution in [-0.4, -0.2) is 6.34 Å². The van der Waals surface area contributed by atoms with E-state index in [9.17, 15) is 0 Å². The summed E-state index contributed by atoms with van der Waals surface area (Å²) in [6, 6.07) is 29.3. The van der Waals surface area contributed by atoms with Gasteiger partial charge < -0.3 is 0 Å². The quantitative estimate of drug-likeness (QED) is 0.455. The second-order valence-electron chi connectivity index (χ2n) is 6.19. The van der Waals surface area contributed by atoms with Crippen molar-refractivity contribution in [3.8, 4) is 0 Å². The van der Waals surface area contributed by atoms with E-state index in [4.69, 9.17) is 4.99 Å². The zero-order valence-electron chi connectivity index (χ0n) is 13.5. The van der Waals surface area contributed by atoms with Gasteiger partial charge in [0.1, 0.15) is 6.34 Å². The molecule has 5 rings (SSSR count). The van der Waals surface area contributed by atoms with Crippen molar-refractivity contribution in [3.63, 3.8) is 0 Å². The van der Waals surface area contributed by atoms with Crippen LogP contribution in [0.5, 0.6) is 0 Å². The highest BCUT2D eigenvalue weighted by atomic mass is 15.3. The van der Waals surface area contributed by atoms with Gasteiger partial charge in [-0.1, -0.05) is 84.9 Å². The first-order chi connectivity index (χ1) is 12.4. The lowest BCUT2D eigenvalue weighted by Crippen LogP contribution is -2.21. The Bertz CT molecular complexity index is 1050. The average Bonchev–Trinajstić information content (AvgIpc) is 3.18. The lowest BCUT2D eigenvalue weighted by molar-refractivity contribution is 0.582. The SMILES string of the molecule is C1=NC(c2cccc3ccccc23)(c2cccc3ccccc23)N=N1. The minimum absolute atomic E-state index is 0.832. The molecule has 0 radical (unpaired) electrons. The van der Waals surface area contributed by atoms with Crippen molar-refractivity contribution in [2.45, 2.75) is 5.66 Å². The van der Waals surface area contributed by atoms with Crippen LogP contribution in [0.25, 0.3) is 21.5 Å². The molecule has 3 nitrogen and oxygen atoms in total. The molecule has 0 aliphatic carbocycles. The van der Waals surface area contributed by atoms with Crippen molar-refractivity contribution >= 4 is 27.9 Å². The first-order valence-corrected chi connectivity index (χ1v) is 8.31. The molecule has 0 spiro atoms. The Morgan fingerprint density at radius 1 is 0.560 bits per heavy atom. The van der Waals surface area contributed by atoms with Crippen LogP contribution in [0, 0.1) is 0 Å². The molecule has 0 saturated carbocycles. The fraction of sp³-hybridized carbons (Fsp3) is 0.0455. The van der Waals surface area contributed by atoms with E-state index >= 15 is 0 Å². The first kappa shape index (κ1) is 14.1. The maximum Gasteiger partial charge on any atom is 0.224 e. The number of benzene rings is 4. The summed E-state index contributed by atoms with van der Waals surface area (Å²) in [6.07, 6.45) is 1.56. The predicted octanol–water partition coefficient (Wildman–Crippen LogP) is 5.69. The normalized spacial score (nSPS) is 15.2. The predicted molar refractivity (Wildman–Crippen MR) is 102 cm³/mol. The summed E-state index contributed by atoms with van der Waals surface area (Å²) in [5.41, 5.74) is 1.28. The van der Waals surface area contributed by atoms with Crippen LogP contribution in [0.3, 0.4) is 0 Å². The van der Waals surface area contributed by atoms with Crippen LogP contribution in [0.2, 0.25) is 0 Å². The van der Waals surface area contributed by atoms with Crippen molar-refractivity contribution < 1.29 is 0 Å². The van der Waals surface area contributed by atoms with Crippen molar-refractivity contribution in [2.24, 2.45) is 15.2 Å². The van der Waals surface area contributed by atoms with Crippen LogP contribution in [-0.2, 0) is 5.66 Å². The number of aliphatic imine (C=N–C) groups is 1. The highest BCUT2D eigenvalue weighted by Crippen LogP contribution is 2.43. The maximum atomic E-state index is 4.75. The molecule has 4 aromatic rings. The third-order valence-corrected chi connectivity index (χ3v) is 4.83. The molecule has 4 aromatic carbocycles. The molecule has 1 heterocycles. The number of fused-ring (bicyclic) bond motifs is 2. The number of nitrogens with zero attached hydrogens (tertiary/aromatic N) is 3. The van der Waals surface area contributed by atoms with Gasteiger partial charge in [0, 0.05) is 11.1 Å². The van der Waals surface area contributed by atoms with Gasteiger partial charge in [0.2, 0.25) is 5.66 Å². The highest BCUT2D eigenvalue weighted by molar-refractivity contribution is 5.91. The molecule has 0 amide bonds. The van der Waals surface area contributed by atoms with Gasteiger partial charge in [0.25, 0.3) is 0 Å². The van der Waals surface area contributed by atoms with Crippen molar-refractivity contribution in [2.75, 3.05) is 0 Å². The number of azo groups is 1. The smallest absolute Gasteiger partial charge is 0.224 e. The van der Waals surface area contributed by atoms with E-state index in [-0.39, 0.29) is 0 Å². The molecule has 0 N–H and O–H groups in total. The van der Waals surface area contributed by atoms with Crippen LogP contribution in [0.4, 0.5) is 0 Å². The van der Waals surface area contributed by atoms with Gasteiger partial charge in [-0.05, 0) is 21.5 Å². The van der Waals surface area contributed by atoms with Gasteiger partial charge in [-0.2, -0.15) is 0 Å². The Labute approximate surface area is 145 Å². The zero-order chi connectivity index (χ0) is 16.7. The molecular formula is C22H15N3. The summed E-state index contributed by atoms with van der Waals surface area (Å²) >= 11 is 0. The zero-order valence-corrected chi connectivity index (χ0v) is 13.5.